The zero-order valence-electron chi connectivity index (χ0n) is 8.93. The predicted molar refractivity (Wildman–Crippen MR) is 58.7 cm³/mol. The van der Waals surface area contributed by atoms with Gasteiger partial charge < -0.3 is 5.32 Å². The molecule has 0 amide bonds. The van der Waals surface area contributed by atoms with Crippen LogP contribution in [0.4, 0.5) is 8.78 Å². The Balaban J connectivity index is 2.86. The summed E-state index contributed by atoms with van der Waals surface area (Å²) in [7, 11) is 1.82. The Morgan fingerprint density at radius 3 is 2.75 bits per heavy atom. The number of halogens is 2. The van der Waals surface area contributed by atoms with Crippen LogP contribution >= 0.6 is 0 Å². The van der Waals surface area contributed by atoms with Crippen LogP contribution in [0.5, 0.6) is 0 Å². The molecule has 0 saturated heterocycles. The van der Waals surface area contributed by atoms with Gasteiger partial charge in [0.25, 0.3) is 0 Å². The quantitative estimate of drug-likeness (QED) is 0.794. The van der Waals surface area contributed by atoms with Crippen LogP contribution in [0.1, 0.15) is 17.5 Å². The highest BCUT2D eigenvalue weighted by Crippen LogP contribution is 2.15. The Labute approximate surface area is 93.2 Å². The van der Waals surface area contributed by atoms with Crippen molar-refractivity contribution in [1.29, 1.82) is 5.26 Å². The number of nitrogens with zero attached hydrogens (tertiary/aromatic N) is 1. The largest absolute Gasteiger partial charge is 0.319 e. The van der Waals surface area contributed by atoms with Gasteiger partial charge in [-0.1, -0.05) is 12.2 Å². The van der Waals surface area contributed by atoms with E-state index in [1.807, 2.05) is 7.05 Å². The third kappa shape index (κ3) is 3.14. The molecular weight excluding hydrogens is 210 g/mol. The summed E-state index contributed by atoms with van der Waals surface area (Å²) in [5, 5.41) is 11.4. The van der Waals surface area contributed by atoms with Gasteiger partial charge in [-0.2, -0.15) is 5.26 Å². The highest BCUT2D eigenvalue weighted by molar-refractivity contribution is 5.52. The maximum Gasteiger partial charge on any atom is 0.141 e. The van der Waals surface area contributed by atoms with Crippen molar-refractivity contribution in [2.75, 3.05) is 13.6 Å². The summed E-state index contributed by atoms with van der Waals surface area (Å²) >= 11 is 0. The van der Waals surface area contributed by atoms with Crippen LogP contribution in [0, 0.1) is 23.0 Å². The molecule has 4 heteroatoms. The molecule has 0 unspecified atom stereocenters. The van der Waals surface area contributed by atoms with Crippen LogP contribution in [-0.2, 0) is 0 Å². The van der Waals surface area contributed by atoms with E-state index < -0.39 is 11.6 Å². The van der Waals surface area contributed by atoms with Crippen molar-refractivity contribution < 1.29 is 8.78 Å². The average Bonchev–Trinajstić information content (AvgIpc) is 2.28. The Hall–Kier alpha value is -1.73. The second-order valence-electron chi connectivity index (χ2n) is 3.26. The summed E-state index contributed by atoms with van der Waals surface area (Å²) in [5.41, 5.74) is -0.113. The summed E-state index contributed by atoms with van der Waals surface area (Å²) in [6, 6.07) is 3.53. The van der Waals surface area contributed by atoms with Crippen molar-refractivity contribution in [3.05, 3.63) is 41.0 Å². The Bertz CT molecular complexity index is 433. The normalized spacial score (nSPS) is 10.6. The maximum absolute atomic E-state index is 13.3. The topological polar surface area (TPSA) is 35.8 Å². The third-order valence-corrected chi connectivity index (χ3v) is 2.07. The third-order valence-electron chi connectivity index (χ3n) is 2.07. The molecule has 1 rings (SSSR count). The summed E-state index contributed by atoms with van der Waals surface area (Å²) < 4.78 is 26.5. The second-order valence-corrected chi connectivity index (χ2v) is 3.26. The molecule has 0 aliphatic carbocycles. The summed E-state index contributed by atoms with van der Waals surface area (Å²) in [6.45, 7) is 0.775. The minimum atomic E-state index is -0.697. The van der Waals surface area contributed by atoms with Gasteiger partial charge in [-0.3, -0.25) is 0 Å². The maximum atomic E-state index is 13.3. The van der Waals surface area contributed by atoms with Crippen LogP contribution in [-0.4, -0.2) is 13.6 Å². The van der Waals surface area contributed by atoms with E-state index in [-0.39, 0.29) is 11.1 Å². The lowest BCUT2D eigenvalue weighted by Gasteiger charge is -1.99. The molecule has 0 fully saturated rings. The molecule has 0 aliphatic heterocycles. The van der Waals surface area contributed by atoms with E-state index in [9.17, 15) is 8.78 Å². The Morgan fingerprint density at radius 1 is 1.38 bits per heavy atom. The minimum absolute atomic E-state index is 0.160. The first-order valence-electron chi connectivity index (χ1n) is 4.89. The number of hydrogen-bond acceptors (Lipinski definition) is 2. The first kappa shape index (κ1) is 12.3. The molecule has 2 nitrogen and oxygen atoms in total. The summed E-state index contributed by atoms with van der Waals surface area (Å²) in [6.07, 6.45) is 3.99. The first-order valence-corrected chi connectivity index (χ1v) is 4.89. The molecule has 0 aliphatic rings. The van der Waals surface area contributed by atoms with Gasteiger partial charge >= 0.3 is 0 Å². The molecule has 0 aromatic heterocycles. The van der Waals surface area contributed by atoms with Crippen LogP contribution < -0.4 is 5.32 Å². The molecule has 0 spiro atoms. The van der Waals surface area contributed by atoms with Crippen LogP contribution in [0.2, 0.25) is 0 Å². The number of nitriles is 1. The van der Waals surface area contributed by atoms with Gasteiger partial charge in [0.15, 0.2) is 0 Å². The van der Waals surface area contributed by atoms with Crippen LogP contribution in [0.3, 0.4) is 0 Å². The lowest BCUT2D eigenvalue weighted by Crippen LogP contribution is -2.05. The molecular formula is C12H12F2N2. The number of rotatable bonds is 4. The fourth-order valence-electron chi connectivity index (χ4n) is 1.21. The van der Waals surface area contributed by atoms with Gasteiger partial charge in [0, 0.05) is 5.56 Å². The average molecular weight is 222 g/mol. The second kappa shape index (κ2) is 5.99. The number of hydrogen-bond donors (Lipinski definition) is 1. The fraction of sp³-hybridized carbons (Fsp3) is 0.250. The fourth-order valence-corrected chi connectivity index (χ4v) is 1.21. The molecule has 0 heterocycles. The van der Waals surface area contributed by atoms with Crippen LogP contribution in [0.15, 0.2) is 18.2 Å². The molecule has 0 atom stereocenters. The molecule has 84 valence electrons. The van der Waals surface area contributed by atoms with E-state index in [2.05, 4.69) is 5.32 Å². The summed E-state index contributed by atoms with van der Waals surface area (Å²) in [4.78, 5) is 0. The zero-order chi connectivity index (χ0) is 12.0. The van der Waals surface area contributed by atoms with E-state index >= 15 is 0 Å². The monoisotopic (exact) mass is 222 g/mol. The zero-order valence-corrected chi connectivity index (χ0v) is 8.93. The number of benzene rings is 1. The molecule has 1 aromatic carbocycles. The molecule has 1 aromatic rings. The van der Waals surface area contributed by atoms with Crippen molar-refractivity contribution in [3.8, 4) is 6.07 Å². The van der Waals surface area contributed by atoms with Gasteiger partial charge in [0.1, 0.15) is 17.7 Å². The minimum Gasteiger partial charge on any atom is -0.319 e. The van der Waals surface area contributed by atoms with E-state index in [0.717, 1.165) is 25.1 Å². The highest BCUT2D eigenvalue weighted by atomic mass is 19.1. The van der Waals surface area contributed by atoms with E-state index in [0.29, 0.717) is 0 Å². The molecule has 0 saturated carbocycles. The van der Waals surface area contributed by atoms with Gasteiger partial charge in [-0.25, -0.2) is 8.78 Å². The highest BCUT2D eigenvalue weighted by Gasteiger charge is 2.07. The lowest BCUT2D eigenvalue weighted by atomic mass is 10.1. The predicted octanol–water partition coefficient (Wildman–Crippen LogP) is 2.46. The summed E-state index contributed by atoms with van der Waals surface area (Å²) in [5.74, 6) is -1.28. The molecule has 0 radical (unpaired) electrons. The van der Waals surface area contributed by atoms with Crippen molar-refractivity contribution in [2.24, 2.45) is 0 Å². The standard InChI is InChI=1S/C12H12F2N2/c1-16-5-3-2-4-9-6-12(14)10(8-15)7-11(9)13/h2,4,6-7,16H,3,5H2,1H3. The van der Waals surface area contributed by atoms with E-state index in [4.69, 9.17) is 5.26 Å². The number of nitrogens with one attached hydrogen (secondary N) is 1. The molecule has 0 bridgehead atoms. The SMILES string of the molecule is CNCCC=Cc1cc(F)c(C#N)cc1F. The molecule has 16 heavy (non-hydrogen) atoms. The van der Waals surface area contributed by atoms with Crippen molar-refractivity contribution in [2.45, 2.75) is 6.42 Å². The van der Waals surface area contributed by atoms with Crippen molar-refractivity contribution >= 4 is 6.08 Å². The van der Waals surface area contributed by atoms with E-state index in [1.54, 1.807) is 12.1 Å². The van der Waals surface area contributed by atoms with Crippen molar-refractivity contribution in [3.63, 3.8) is 0 Å². The van der Waals surface area contributed by atoms with Crippen LogP contribution in [0.25, 0.3) is 6.08 Å². The van der Waals surface area contributed by atoms with Gasteiger partial charge in [0.2, 0.25) is 0 Å². The van der Waals surface area contributed by atoms with Gasteiger partial charge in [-0.15, -0.1) is 0 Å². The Morgan fingerprint density at radius 2 is 2.12 bits per heavy atom. The van der Waals surface area contributed by atoms with Gasteiger partial charge in [-0.05, 0) is 32.1 Å². The van der Waals surface area contributed by atoms with E-state index in [1.165, 1.54) is 6.08 Å². The smallest absolute Gasteiger partial charge is 0.141 e. The Kier molecular flexibility index (Phi) is 4.62. The van der Waals surface area contributed by atoms with Gasteiger partial charge in [0.05, 0.1) is 5.56 Å². The van der Waals surface area contributed by atoms with Crippen molar-refractivity contribution in [1.82, 2.24) is 5.32 Å². The lowest BCUT2D eigenvalue weighted by molar-refractivity contribution is 0.594. The first-order chi connectivity index (χ1) is 7.69. The molecule has 1 N–H and O–H groups in total.